The minimum atomic E-state index is -0.666. The van der Waals surface area contributed by atoms with Crippen molar-refractivity contribution in [3.8, 4) is 5.75 Å². The molecule has 2 aliphatic heterocycles. The third kappa shape index (κ3) is 4.81. The van der Waals surface area contributed by atoms with Gasteiger partial charge < -0.3 is 20.3 Å². The first-order valence-corrected chi connectivity index (χ1v) is 12.0. The predicted molar refractivity (Wildman–Crippen MR) is 142 cm³/mol. The van der Waals surface area contributed by atoms with Gasteiger partial charge in [0.25, 0.3) is 5.91 Å². The fourth-order valence-corrected chi connectivity index (χ4v) is 4.90. The molecule has 0 unspecified atom stereocenters. The second-order valence-electron chi connectivity index (χ2n) is 9.27. The average Bonchev–Trinajstić information content (AvgIpc) is 3.07. The van der Waals surface area contributed by atoms with Crippen molar-refractivity contribution in [2.45, 2.75) is 33.2 Å². The van der Waals surface area contributed by atoms with E-state index >= 15 is 0 Å². The SMILES string of the molecule is CCN1c2cc(Cl)c(/C=C3/NC(=O)N(CC(=O)Nc4ccc(OC)cc4)C3=O)cc2C(C)=CC1(C)C. The van der Waals surface area contributed by atoms with Crippen molar-refractivity contribution in [3.05, 3.63) is 64.3 Å². The number of amides is 4. The number of rotatable bonds is 6. The van der Waals surface area contributed by atoms with E-state index in [1.54, 1.807) is 37.5 Å². The van der Waals surface area contributed by atoms with Crippen LogP contribution in [-0.4, -0.2) is 48.5 Å². The number of nitrogens with one attached hydrogen (secondary N) is 2. The van der Waals surface area contributed by atoms with Crippen molar-refractivity contribution in [1.82, 2.24) is 10.2 Å². The lowest BCUT2D eigenvalue weighted by Crippen LogP contribution is -2.44. The van der Waals surface area contributed by atoms with Crippen molar-refractivity contribution in [1.29, 1.82) is 0 Å². The number of halogens is 1. The van der Waals surface area contributed by atoms with Crippen LogP contribution in [0.15, 0.2) is 48.2 Å². The van der Waals surface area contributed by atoms with Crippen molar-refractivity contribution >= 4 is 52.5 Å². The van der Waals surface area contributed by atoms with Crippen molar-refractivity contribution in [2.24, 2.45) is 0 Å². The van der Waals surface area contributed by atoms with Crippen LogP contribution in [0, 0.1) is 0 Å². The summed E-state index contributed by atoms with van der Waals surface area (Å²) in [7, 11) is 1.55. The van der Waals surface area contributed by atoms with E-state index in [4.69, 9.17) is 16.3 Å². The Labute approximate surface area is 215 Å². The highest BCUT2D eigenvalue weighted by Gasteiger charge is 2.35. The van der Waals surface area contributed by atoms with E-state index in [9.17, 15) is 14.4 Å². The van der Waals surface area contributed by atoms with E-state index in [0.29, 0.717) is 22.0 Å². The number of methoxy groups -OCH3 is 1. The summed E-state index contributed by atoms with van der Waals surface area (Å²) in [5, 5.41) is 5.69. The molecule has 0 radical (unpaired) electrons. The molecule has 2 aliphatic rings. The second-order valence-corrected chi connectivity index (χ2v) is 9.68. The van der Waals surface area contributed by atoms with Gasteiger partial charge >= 0.3 is 6.03 Å². The van der Waals surface area contributed by atoms with Crippen molar-refractivity contribution in [3.63, 3.8) is 0 Å². The standard InChI is InChI=1S/C27H29ClN4O4/c1-6-32-23-13-21(28)17(11-20(23)16(2)14-27(32,3)4)12-22-25(34)31(26(35)30-22)15-24(33)29-18-7-9-19(36-5)10-8-18/h7-14H,6,15H2,1-5H3,(H,29,33)(H,30,35)/b22-12+. The third-order valence-electron chi connectivity index (χ3n) is 6.35. The van der Waals surface area contributed by atoms with Gasteiger partial charge in [0.15, 0.2) is 0 Å². The summed E-state index contributed by atoms with van der Waals surface area (Å²) in [6.45, 7) is 8.83. The Morgan fingerprint density at radius 1 is 1.19 bits per heavy atom. The van der Waals surface area contributed by atoms with Crippen LogP contribution in [0.3, 0.4) is 0 Å². The summed E-state index contributed by atoms with van der Waals surface area (Å²) in [4.78, 5) is 41.0. The molecule has 2 heterocycles. The number of allylic oxidation sites excluding steroid dienone is 1. The lowest BCUT2D eigenvalue weighted by molar-refractivity contribution is -0.127. The molecule has 1 fully saturated rings. The van der Waals surface area contributed by atoms with Crippen LogP contribution in [0.4, 0.5) is 16.2 Å². The number of hydrogen-bond donors (Lipinski definition) is 2. The Bertz CT molecular complexity index is 1300. The molecule has 8 nitrogen and oxygen atoms in total. The van der Waals surface area contributed by atoms with E-state index < -0.39 is 24.4 Å². The van der Waals surface area contributed by atoms with Crippen LogP contribution < -0.4 is 20.3 Å². The number of carbonyl (C=O) groups excluding carboxylic acids is 3. The molecular weight excluding hydrogens is 480 g/mol. The number of urea groups is 1. The summed E-state index contributed by atoms with van der Waals surface area (Å²) in [5.74, 6) is -0.448. The summed E-state index contributed by atoms with van der Waals surface area (Å²) in [6, 6.07) is 9.89. The number of nitrogens with zero attached hydrogens (tertiary/aromatic N) is 2. The normalized spacial score (nSPS) is 17.6. The van der Waals surface area contributed by atoms with E-state index in [1.165, 1.54) is 0 Å². The number of hydrogen-bond acceptors (Lipinski definition) is 5. The lowest BCUT2D eigenvalue weighted by atomic mass is 9.88. The second kappa shape index (κ2) is 9.70. The zero-order chi connectivity index (χ0) is 26.2. The van der Waals surface area contributed by atoms with Crippen molar-refractivity contribution < 1.29 is 19.1 Å². The molecule has 0 aromatic heterocycles. The topological polar surface area (TPSA) is 91.0 Å². The van der Waals surface area contributed by atoms with E-state index in [2.05, 4.69) is 42.4 Å². The molecule has 0 spiro atoms. The fraction of sp³-hybridized carbons (Fsp3) is 0.296. The molecule has 1 saturated heterocycles. The lowest BCUT2D eigenvalue weighted by Gasteiger charge is -2.43. The molecule has 9 heteroatoms. The van der Waals surface area contributed by atoms with Gasteiger partial charge in [0.1, 0.15) is 18.0 Å². The molecule has 188 valence electrons. The molecule has 36 heavy (non-hydrogen) atoms. The van der Waals surface area contributed by atoms with Gasteiger partial charge in [-0.2, -0.15) is 0 Å². The molecule has 0 atom stereocenters. The Morgan fingerprint density at radius 2 is 1.89 bits per heavy atom. The Morgan fingerprint density at radius 3 is 2.53 bits per heavy atom. The zero-order valence-corrected chi connectivity index (χ0v) is 21.7. The number of fused-ring (bicyclic) bond motifs is 1. The maximum Gasteiger partial charge on any atom is 0.329 e. The number of benzene rings is 2. The molecular formula is C27H29ClN4O4. The molecule has 4 amide bonds. The Hall–Kier alpha value is -3.78. The van der Waals surface area contributed by atoms with E-state index in [-0.39, 0.29) is 11.2 Å². The minimum Gasteiger partial charge on any atom is -0.497 e. The van der Waals surface area contributed by atoms with Crippen LogP contribution in [0.25, 0.3) is 11.6 Å². The predicted octanol–water partition coefficient (Wildman–Crippen LogP) is 4.90. The highest BCUT2D eigenvalue weighted by atomic mass is 35.5. The highest BCUT2D eigenvalue weighted by Crippen LogP contribution is 2.41. The van der Waals surface area contributed by atoms with Crippen LogP contribution >= 0.6 is 11.6 Å². The van der Waals surface area contributed by atoms with Gasteiger partial charge in [0.2, 0.25) is 5.91 Å². The smallest absolute Gasteiger partial charge is 0.329 e. The Balaban J connectivity index is 1.54. The molecule has 0 bridgehead atoms. The highest BCUT2D eigenvalue weighted by molar-refractivity contribution is 6.32. The van der Waals surface area contributed by atoms with Gasteiger partial charge in [-0.1, -0.05) is 17.7 Å². The first-order valence-electron chi connectivity index (χ1n) is 11.6. The molecule has 2 aromatic carbocycles. The quantitative estimate of drug-likeness (QED) is 0.427. The summed E-state index contributed by atoms with van der Waals surface area (Å²) in [6.07, 6.45) is 3.75. The maximum absolute atomic E-state index is 13.0. The van der Waals surface area contributed by atoms with Gasteiger partial charge in [-0.3, -0.25) is 9.59 Å². The zero-order valence-electron chi connectivity index (χ0n) is 20.9. The van der Waals surface area contributed by atoms with E-state index in [1.807, 2.05) is 19.1 Å². The van der Waals surface area contributed by atoms with Gasteiger partial charge in [-0.05, 0) is 81.3 Å². The maximum atomic E-state index is 13.0. The third-order valence-corrected chi connectivity index (χ3v) is 6.68. The first-order chi connectivity index (χ1) is 17.0. The first kappa shape index (κ1) is 25.3. The molecule has 2 N–H and O–H groups in total. The number of likely N-dealkylation sites (N-methyl/N-ethyl adjacent to an activating group) is 1. The van der Waals surface area contributed by atoms with Crippen LogP contribution in [0.1, 0.15) is 38.8 Å². The molecule has 0 aliphatic carbocycles. The monoisotopic (exact) mass is 508 g/mol. The number of ether oxygens (including phenoxy) is 1. The largest absolute Gasteiger partial charge is 0.497 e. The van der Waals surface area contributed by atoms with Crippen LogP contribution in [0.2, 0.25) is 5.02 Å². The van der Waals surface area contributed by atoms with Crippen LogP contribution in [-0.2, 0) is 9.59 Å². The summed E-state index contributed by atoms with van der Waals surface area (Å²) >= 11 is 6.62. The Kier molecular flexibility index (Phi) is 6.82. The van der Waals surface area contributed by atoms with Gasteiger partial charge in [-0.15, -0.1) is 0 Å². The minimum absolute atomic E-state index is 0.0595. The van der Waals surface area contributed by atoms with Gasteiger partial charge in [0, 0.05) is 28.5 Å². The molecule has 4 rings (SSSR count). The van der Waals surface area contributed by atoms with Crippen LogP contribution in [0.5, 0.6) is 5.75 Å². The molecule has 2 aromatic rings. The van der Waals surface area contributed by atoms with Gasteiger partial charge in [0.05, 0.1) is 12.6 Å². The van der Waals surface area contributed by atoms with E-state index in [0.717, 1.165) is 28.3 Å². The number of carbonyl (C=O) groups is 3. The molecule has 0 saturated carbocycles. The summed E-state index contributed by atoms with van der Waals surface area (Å²) in [5.41, 5.74) is 4.17. The average molecular weight is 509 g/mol. The van der Waals surface area contributed by atoms with Crippen molar-refractivity contribution in [2.75, 3.05) is 30.4 Å². The van der Waals surface area contributed by atoms with Gasteiger partial charge in [-0.25, -0.2) is 9.69 Å². The fourth-order valence-electron chi connectivity index (χ4n) is 4.69. The summed E-state index contributed by atoms with van der Waals surface area (Å²) < 4.78 is 5.10. The number of imide groups is 1. The number of anilines is 2.